The number of para-hydroxylation sites is 1. The molecule has 3 aromatic rings. The SMILES string of the molecule is CCN1CCN(S(=O)(=O)c2cn(-c3ccccc3)nc2-c2cccs2)CC1. The van der Waals surface area contributed by atoms with Gasteiger partial charge in [0.1, 0.15) is 10.6 Å². The molecule has 0 saturated carbocycles. The van der Waals surface area contributed by atoms with Crippen molar-refractivity contribution < 1.29 is 8.42 Å². The van der Waals surface area contributed by atoms with Crippen molar-refractivity contribution in [3.05, 3.63) is 54.0 Å². The molecule has 1 aliphatic heterocycles. The van der Waals surface area contributed by atoms with Crippen molar-refractivity contribution in [2.75, 3.05) is 32.7 Å². The van der Waals surface area contributed by atoms with Crippen LogP contribution < -0.4 is 0 Å². The first kappa shape index (κ1) is 18.4. The van der Waals surface area contributed by atoms with Crippen LogP contribution in [0.1, 0.15) is 6.92 Å². The Labute approximate surface area is 163 Å². The zero-order valence-electron chi connectivity index (χ0n) is 15.2. The lowest BCUT2D eigenvalue weighted by Gasteiger charge is -2.33. The van der Waals surface area contributed by atoms with Gasteiger partial charge in [-0.25, -0.2) is 13.1 Å². The molecule has 0 atom stereocenters. The first-order chi connectivity index (χ1) is 13.1. The van der Waals surface area contributed by atoms with E-state index < -0.39 is 10.0 Å². The van der Waals surface area contributed by atoms with Crippen LogP contribution in [0.15, 0.2) is 58.9 Å². The molecule has 0 unspecified atom stereocenters. The van der Waals surface area contributed by atoms with Gasteiger partial charge >= 0.3 is 0 Å². The molecule has 1 aliphatic rings. The number of rotatable bonds is 5. The van der Waals surface area contributed by atoms with E-state index in [1.54, 1.807) is 15.2 Å². The van der Waals surface area contributed by atoms with Crippen LogP contribution >= 0.6 is 11.3 Å². The molecule has 4 rings (SSSR count). The second kappa shape index (κ2) is 7.55. The van der Waals surface area contributed by atoms with E-state index in [0.717, 1.165) is 30.2 Å². The van der Waals surface area contributed by atoms with Crippen LogP contribution in [0.25, 0.3) is 16.3 Å². The lowest BCUT2D eigenvalue weighted by Crippen LogP contribution is -2.48. The van der Waals surface area contributed by atoms with Crippen LogP contribution in [0.3, 0.4) is 0 Å². The van der Waals surface area contributed by atoms with Crippen LogP contribution in [0.2, 0.25) is 0 Å². The Morgan fingerprint density at radius 1 is 1.04 bits per heavy atom. The fraction of sp³-hybridized carbons (Fsp3) is 0.316. The second-order valence-corrected chi connectivity index (χ2v) is 9.29. The highest BCUT2D eigenvalue weighted by molar-refractivity contribution is 7.89. The number of aromatic nitrogens is 2. The van der Waals surface area contributed by atoms with Gasteiger partial charge in [0.05, 0.1) is 16.8 Å². The van der Waals surface area contributed by atoms with Crippen LogP contribution in [-0.2, 0) is 10.0 Å². The molecule has 2 aromatic heterocycles. The van der Waals surface area contributed by atoms with E-state index in [1.807, 2.05) is 47.8 Å². The Balaban J connectivity index is 1.76. The molecule has 6 nitrogen and oxygen atoms in total. The minimum Gasteiger partial charge on any atom is -0.301 e. The monoisotopic (exact) mass is 402 g/mol. The summed E-state index contributed by atoms with van der Waals surface area (Å²) in [6.45, 7) is 5.59. The molecule has 3 heterocycles. The van der Waals surface area contributed by atoms with Gasteiger partial charge in [0.25, 0.3) is 0 Å². The van der Waals surface area contributed by atoms with E-state index in [4.69, 9.17) is 0 Å². The van der Waals surface area contributed by atoms with E-state index in [2.05, 4.69) is 16.9 Å². The fourth-order valence-corrected chi connectivity index (χ4v) is 5.61. The van der Waals surface area contributed by atoms with Crippen molar-refractivity contribution in [1.82, 2.24) is 19.0 Å². The van der Waals surface area contributed by atoms with Crippen LogP contribution in [0.4, 0.5) is 0 Å². The topological polar surface area (TPSA) is 58.4 Å². The summed E-state index contributed by atoms with van der Waals surface area (Å²) in [5, 5.41) is 6.56. The second-order valence-electron chi connectivity index (χ2n) is 6.44. The highest BCUT2D eigenvalue weighted by atomic mass is 32.2. The summed E-state index contributed by atoms with van der Waals surface area (Å²) in [4.78, 5) is 3.40. The van der Waals surface area contributed by atoms with E-state index >= 15 is 0 Å². The molecule has 1 aromatic carbocycles. The van der Waals surface area contributed by atoms with Crippen molar-refractivity contribution in [2.45, 2.75) is 11.8 Å². The van der Waals surface area contributed by atoms with Crippen LogP contribution in [-0.4, -0.2) is 60.1 Å². The number of benzene rings is 1. The zero-order chi connectivity index (χ0) is 18.9. The molecule has 27 heavy (non-hydrogen) atoms. The Morgan fingerprint density at radius 3 is 2.41 bits per heavy atom. The van der Waals surface area contributed by atoms with Crippen LogP contribution in [0, 0.1) is 0 Å². The summed E-state index contributed by atoms with van der Waals surface area (Å²) in [6, 6.07) is 13.4. The van der Waals surface area contributed by atoms with Gasteiger partial charge in [0, 0.05) is 26.2 Å². The predicted octanol–water partition coefficient (Wildman–Crippen LogP) is 2.93. The Bertz CT molecular complexity index is 990. The van der Waals surface area contributed by atoms with Gasteiger partial charge in [-0.3, -0.25) is 0 Å². The summed E-state index contributed by atoms with van der Waals surface area (Å²) in [6.07, 6.45) is 1.64. The highest BCUT2D eigenvalue weighted by Gasteiger charge is 2.32. The van der Waals surface area contributed by atoms with Gasteiger partial charge in [-0.05, 0) is 30.1 Å². The van der Waals surface area contributed by atoms with Crippen molar-refractivity contribution in [2.24, 2.45) is 0 Å². The number of hydrogen-bond acceptors (Lipinski definition) is 5. The molecule has 0 spiro atoms. The number of hydrogen-bond donors (Lipinski definition) is 0. The summed E-state index contributed by atoms with van der Waals surface area (Å²) < 4.78 is 30.0. The third-order valence-corrected chi connectivity index (χ3v) is 7.63. The third-order valence-electron chi connectivity index (χ3n) is 4.85. The molecule has 0 N–H and O–H groups in total. The minimum absolute atomic E-state index is 0.277. The quantitative estimate of drug-likeness (QED) is 0.658. The van der Waals surface area contributed by atoms with Gasteiger partial charge in [-0.2, -0.15) is 9.40 Å². The molecule has 142 valence electrons. The fourth-order valence-electron chi connectivity index (χ4n) is 3.27. The maximum Gasteiger partial charge on any atom is 0.246 e. The molecule has 1 fully saturated rings. The number of sulfonamides is 1. The van der Waals surface area contributed by atoms with Crippen molar-refractivity contribution in [1.29, 1.82) is 0 Å². The Morgan fingerprint density at radius 2 is 1.78 bits per heavy atom. The molecule has 0 amide bonds. The molecular weight excluding hydrogens is 380 g/mol. The van der Waals surface area contributed by atoms with E-state index in [-0.39, 0.29) is 4.90 Å². The van der Waals surface area contributed by atoms with Gasteiger partial charge in [0.2, 0.25) is 10.0 Å². The lowest BCUT2D eigenvalue weighted by molar-refractivity contribution is 0.196. The summed E-state index contributed by atoms with van der Waals surface area (Å²) in [7, 11) is -3.61. The summed E-state index contributed by atoms with van der Waals surface area (Å²) in [5.74, 6) is 0. The van der Waals surface area contributed by atoms with E-state index in [1.165, 1.54) is 11.3 Å². The molecule has 1 saturated heterocycles. The molecular formula is C19H22N4O2S2. The van der Waals surface area contributed by atoms with E-state index in [0.29, 0.717) is 18.8 Å². The van der Waals surface area contributed by atoms with Crippen molar-refractivity contribution >= 4 is 21.4 Å². The lowest BCUT2D eigenvalue weighted by atomic mass is 10.3. The Kier molecular flexibility index (Phi) is 5.14. The predicted molar refractivity (Wildman–Crippen MR) is 108 cm³/mol. The minimum atomic E-state index is -3.61. The maximum atomic E-state index is 13.4. The smallest absolute Gasteiger partial charge is 0.246 e. The summed E-state index contributed by atoms with van der Waals surface area (Å²) >= 11 is 1.50. The molecule has 8 heteroatoms. The average Bonchev–Trinajstić information content (AvgIpc) is 3.38. The van der Waals surface area contributed by atoms with Gasteiger partial charge in [-0.1, -0.05) is 31.2 Å². The van der Waals surface area contributed by atoms with Gasteiger partial charge in [-0.15, -0.1) is 11.3 Å². The number of thiophene rings is 1. The van der Waals surface area contributed by atoms with Crippen LogP contribution in [0.5, 0.6) is 0 Å². The maximum absolute atomic E-state index is 13.4. The standard InChI is InChI=1S/C19H22N4O2S2/c1-2-21-10-12-22(13-11-21)27(24,25)18-15-23(16-7-4-3-5-8-16)20-19(18)17-9-6-14-26-17/h3-9,14-15H,2,10-13H2,1H3. The third kappa shape index (κ3) is 3.58. The molecule has 0 radical (unpaired) electrons. The molecule has 0 aliphatic carbocycles. The average molecular weight is 403 g/mol. The first-order valence-corrected chi connectivity index (χ1v) is 11.3. The number of nitrogens with zero attached hydrogens (tertiary/aromatic N) is 4. The highest BCUT2D eigenvalue weighted by Crippen LogP contribution is 2.32. The summed E-state index contributed by atoms with van der Waals surface area (Å²) in [5.41, 5.74) is 1.36. The van der Waals surface area contributed by atoms with Gasteiger partial charge < -0.3 is 4.90 Å². The molecule has 0 bridgehead atoms. The largest absolute Gasteiger partial charge is 0.301 e. The number of piperazine rings is 1. The normalized spacial score (nSPS) is 16.6. The first-order valence-electron chi connectivity index (χ1n) is 9.01. The van der Waals surface area contributed by atoms with Crippen molar-refractivity contribution in [3.63, 3.8) is 0 Å². The Hall–Kier alpha value is -2.00. The number of likely N-dealkylation sites (N-methyl/N-ethyl adjacent to an activating group) is 1. The zero-order valence-corrected chi connectivity index (χ0v) is 16.8. The van der Waals surface area contributed by atoms with Gasteiger partial charge in [0.15, 0.2) is 0 Å². The van der Waals surface area contributed by atoms with Crippen molar-refractivity contribution in [3.8, 4) is 16.3 Å². The van der Waals surface area contributed by atoms with E-state index in [9.17, 15) is 8.42 Å².